The maximum atomic E-state index is 2.32. The quantitative estimate of drug-likeness (QED) is 0.636. The molecule has 100 valence electrons. The maximum Gasteiger partial charge on any atom is -0.0132 e. The highest BCUT2D eigenvalue weighted by Gasteiger charge is 2.14. The molecule has 0 aromatic heterocycles. The van der Waals surface area contributed by atoms with Crippen LogP contribution < -0.4 is 0 Å². The third-order valence-electron chi connectivity index (χ3n) is 3.62. The van der Waals surface area contributed by atoms with Crippen molar-refractivity contribution in [2.45, 2.75) is 46.0 Å². The summed E-state index contributed by atoms with van der Waals surface area (Å²) in [6.45, 7) is 11.3. The van der Waals surface area contributed by atoms with Gasteiger partial charge in [0.05, 0.1) is 0 Å². The van der Waals surface area contributed by atoms with Gasteiger partial charge >= 0.3 is 0 Å². The summed E-state index contributed by atoms with van der Waals surface area (Å²) in [7, 11) is 0. The van der Waals surface area contributed by atoms with E-state index < -0.39 is 0 Å². The lowest BCUT2D eigenvalue weighted by Gasteiger charge is -2.20. The Hall–Kier alpha value is -1.56. The molecule has 0 aliphatic heterocycles. The molecule has 0 nitrogen and oxygen atoms in total. The molecule has 2 aromatic rings. The second-order valence-corrected chi connectivity index (χ2v) is 6.61. The summed E-state index contributed by atoms with van der Waals surface area (Å²) in [5.74, 6) is 0.575. The predicted molar refractivity (Wildman–Crippen MR) is 84.7 cm³/mol. The van der Waals surface area contributed by atoms with Gasteiger partial charge < -0.3 is 0 Å². The fourth-order valence-corrected chi connectivity index (χ4v) is 2.24. The highest BCUT2D eigenvalue weighted by Crippen LogP contribution is 2.29. The second kappa shape index (κ2) is 5.21. The SMILES string of the molecule is CC(C)c1cccc(-c2cccc(C(C)(C)C)c2)c1. The molecule has 0 radical (unpaired) electrons. The zero-order chi connectivity index (χ0) is 14.0. The molecule has 0 N–H and O–H groups in total. The highest BCUT2D eigenvalue weighted by atomic mass is 14.2. The van der Waals surface area contributed by atoms with Crippen LogP contribution in [-0.4, -0.2) is 0 Å². The Morgan fingerprint density at radius 2 is 1.37 bits per heavy atom. The number of hydrogen-bond acceptors (Lipinski definition) is 0. The van der Waals surface area contributed by atoms with Gasteiger partial charge in [0.2, 0.25) is 0 Å². The average Bonchev–Trinajstić information content (AvgIpc) is 2.38. The molecule has 0 saturated carbocycles. The van der Waals surface area contributed by atoms with E-state index in [0.717, 1.165) is 0 Å². The van der Waals surface area contributed by atoms with Gasteiger partial charge in [0.1, 0.15) is 0 Å². The van der Waals surface area contributed by atoms with Crippen LogP contribution in [0.5, 0.6) is 0 Å². The Balaban J connectivity index is 2.45. The largest absolute Gasteiger partial charge is 0.0614 e. The lowest BCUT2D eigenvalue weighted by Crippen LogP contribution is -2.10. The van der Waals surface area contributed by atoms with Gasteiger partial charge in [-0.3, -0.25) is 0 Å². The van der Waals surface area contributed by atoms with Crippen molar-refractivity contribution in [2.75, 3.05) is 0 Å². The first-order valence-corrected chi connectivity index (χ1v) is 7.09. The first-order valence-electron chi connectivity index (χ1n) is 7.09. The van der Waals surface area contributed by atoms with Crippen molar-refractivity contribution in [3.63, 3.8) is 0 Å². The van der Waals surface area contributed by atoms with Crippen molar-refractivity contribution < 1.29 is 0 Å². The van der Waals surface area contributed by atoms with Gasteiger partial charge in [-0.2, -0.15) is 0 Å². The molecule has 0 unspecified atom stereocenters. The summed E-state index contributed by atoms with van der Waals surface area (Å²) in [5.41, 5.74) is 5.62. The van der Waals surface area contributed by atoms with Gasteiger partial charge in [0.25, 0.3) is 0 Å². The number of benzene rings is 2. The molecular formula is C19H24. The molecule has 0 amide bonds. The van der Waals surface area contributed by atoms with Gasteiger partial charge in [-0.1, -0.05) is 83.1 Å². The van der Waals surface area contributed by atoms with Crippen LogP contribution >= 0.6 is 0 Å². The zero-order valence-electron chi connectivity index (χ0n) is 12.7. The van der Waals surface area contributed by atoms with E-state index in [4.69, 9.17) is 0 Å². The molecule has 0 spiro atoms. The minimum Gasteiger partial charge on any atom is -0.0614 e. The van der Waals surface area contributed by atoms with Crippen LogP contribution in [-0.2, 0) is 5.41 Å². The smallest absolute Gasteiger partial charge is 0.0132 e. The predicted octanol–water partition coefficient (Wildman–Crippen LogP) is 5.77. The van der Waals surface area contributed by atoms with Gasteiger partial charge in [-0.25, -0.2) is 0 Å². The third kappa shape index (κ3) is 3.26. The van der Waals surface area contributed by atoms with Crippen LogP contribution in [0.1, 0.15) is 51.7 Å². The Morgan fingerprint density at radius 3 is 1.95 bits per heavy atom. The van der Waals surface area contributed by atoms with Crippen molar-refractivity contribution in [1.29, 1.82) is 0 Å². The topological polar surface area (TPSA) is 0 Å². The van der Waals surface area contributed by atoms with Crippen LogP contribution in [0.15, 0.2) is 48.5 Å². The highest BCUT2D eigenvalue weighted by molar-refractivity contribution is 5.65. The molecule has 0 saturated heterocycles. The molecular weight excluding hydrogens is 228 g/mol. The molecule has 19 heavy (non-hydrogen) atoms. The molecule has 0 bridgehead atoms. The normalized spacial score (nSPS) is 11.9. The molecule has 0 heterocycles. The summed E-state index contributed by atoms with van der Waals surface area (Å²) in [5, 5.41) is 0. The molecule has 0 fully saturated rings. The Kier molecular flexibility index (Phi) is 3.80. The molecule has 2 rings (SSSR count). The maximum absolute atomic E-state index is 2.32. The van der Waals surface area contributed by atoms with Crippen molar-refractivity contribution in [3.05, 3.63) is 59.7 Å². The van der Waals surface area contributed by atoms with Crippen LogP contribution in [0.2, 0.25) is 0 Å². The van der Waals surface area contributed by atoms with E-state index in [1.165, 1.54) is 22.3 Å². The summed E-state index contributed by atoms with van der Waals surface area (Å²) in [4.78, 5) is 0. The van der Waals surface area contributed by atoms with Crippen molar-refractivity contribution in [3.8, 4) is 11.1 Å². The summed E-state index contributed by atoms with van der Waals surface area (Å²) in [6, 6.07) is 17.8. The van der Waals surface area contributed by atoms with Crippen molar-refractivity contribution in [2.24, 2.45) is 0 Å². The van der Waals surface area contributed by atoms with Crippen LogP contribution in [0, 0.1) is 0 Å². The minimum atomic E-state index is 0.200. The lowest BCUT2D eigenvalue weighted by molar-refractivity contribution is 0.590. The molecule has 0 atom stereocenters. The fraction of sp³-hybridized carbons (Fsp3) is 0.368. The summed E-state index contributed by atoms with van der Waals surface area (Å²) >= 11 is 0. The van der Waals surface area contributed by atoms with E-state index in [0.29, 0.717) is 5.92 Å². The van der Waals surface area contributed by atoms with Crippen LogP contribution in [0.25, 0.3) is 11.1 Å². The van der Waals surface area contributed by atoms with E-state index in [1.807, 2.05) is 0 Å². The first kappa shape index (κ1) is 13.9. The minimum absolute atomic E-state index is 0.200. The lowest BCUT2D eigenvalue weighted by atomic mass is 9.85. The van der Waals surface area contributed by atoms with Gasteiger partial charge in [0.15, 0.2) is 0 Å². The Labute approximate surface area is 117 Å². The van der Waals surface area contributed by atoms with Gasteiger partial charge in [-0.05, 0) is 33.6 Å². The van der Waals surface area contributed by atoms with Crippen molar-refractivity contribution >= 4 is 0 Å². The van der Waals surface area contributed by atoms with E-state index in [1.54, 1.807) is 0 Å². The van der Waals surface area contributed by atoms with Crippen LogP contribution in [0.4, 0.5) is 0 Å². The van der Waals surface area contributed by atoms with E-state index in [2.05, 4.69) is 83.1 Å². The van der Waals surface area contributed by atoms with E-state index in [-0.39, 0.29) is 5.41 Å². The van der Waals surface area contributed by atoms with Crippen LogP contribution in [0.3, 0.4) is 0 Å². The number of rotatable bonds is 2. The average molecular weight is 252 g/mol. The molecule has 2 aromatic carbocycles. The van der Waals surface area contributed by atoms with Crippen molar-refractivity contribution in [1.82, 2.24) is 0 Å². The Morgan fingerprint density at radius 1 is 0.789 bits per heavy atom. The molecule has 0 heteroatoms. The van der Waals surface area contributed by atoms with Gasteiger partial charge in [-0.15, -0.1) is 0 Å². The third-order valence-corrected chi connectivity index (χ3v) is 3.62. The summed E-state index contributed by atoms with van der Waals surface area (Å²) < 4.78 is 0. The second-order valence-electron chi connectivity index (χ2n) is 6.61. The van der Waals surface area contributed by atoms with E-state index in [9.17, 15) is 0 Å². The Bertz CT molecular complexity index is 556. The van der Waals surface area contributed by atoms with Gasteiger partial charge in [0, 0.05) is 0 Å². The molecule has 0 aliphatic rings. The monoisotopic (exact) mass is 252 g/mol. The number of hydrogen-bond donors (Lipinski definition) is 0. The standard InChI is InChI=1S/C19H24/c1-14(2)15-8-6-9-16(12-15)17-10-7-11-18(13-17)19(3,4)5/h6-14H,1-5H3. The first-order chi connectivity index (χ1) is 8.88. The summed E-state index contributed by atoms with van der Waals surface area (Å²) in [6.07, 6.45) is 0. The molecule has 0 aliphatic carbocycles. The fourth-order valence-electron chi connectivity index (χ4n) is 2.24. The van der Waals surface area contributed by atoms with E-state index >= 15 is 0 Å². The zero-order valence-corrected chi connectivity index (χ0v) is 12.7.